The van der Waals surface area contributed by atoms with Crippen LogP contribution in [0.2, 0.25) is 0 Å². The predicted octanol–water partition coefficient (Wildman–Crippen LogP) is 2.69. The van der Waals surface area contributed by atoms with Crippen molar-refractivity contribution >= 4 is 22.0 Å². The number of carbonyl (C=O) groups excluding carboxylic acids is 1. The number of alkyl halides is 1. The molecule has 0 aliphatic heterocycles. The van der Waals surface area contributed by atoms with Crippen LogP contribution in [0.4, 0.5) is 4.79 Å². The van der Waals surface area contributed by atoms with Crippen LogP contribution >= 0.6 is 15.9 Å². The molecule has 3 nitrogen and oxygen atoms in total. The van der Waals surface area contributed by atoms with Crippen LogP contribution in [0.25, 0.3) is 0 Å². The Kier molecular flexibility index (Phi) is 9.65. The van der Waals surface area contributed by atoms with Gasteiger partial charge in [0, 0.05) is 11.9 Å². The highest BCUT2D eigenvalue weighted by atomic mass is 79.9. The predicted molar refractivity (Wildman–Crippen MR) is 57.3 cm³/mol. The summed E-state index contributed by atoms with van der Waals surface area (Å²) in [6, 6.07) is 0. The van der Waals surface area contributed by atoms with Crippen molar-refractivity contribution in [3.63, 3.8) is 0 Å². The van der Waals surface area contributed by atoms with Gasteiger partial charge in [-0.2, -0.15) is 0 Å². The number of alkyl carbamates (subject to hydrolysis) is 1. The first kappa shape index (κ1) is 12.8. The second-order valence-electron chi connectivity index (χ2n) is 2.75. The first-order valence-electron chi connectivity index (χ1n) is 4.77. The van der Waals surface area contributed by atoms with E-state index in [2.05, 4.69) is 21.2 Å². The molecule has 0 saturated carbocycles. The molecule has 0 spiro atoms. The molecular weight excluding hydrogens is 234 g/mol. The molecule has 4 heteroatoms. The van der Waals surface area contributed by atoms with E-state index in [9.17, 15) is 4.79 Å². The van der Waals surface area contributed by atoms with Gasteiger partial charge in [-0.15, -0.1) is 0 Å². The molecule has 0 aliphatic rings. The van der Waals surface area contributed by atoms with Gasteiger partial charge in [-0.05, 0) is 19.8 Å². The standard InChI is InChI=1S/C9H18BrNO2/c1-2-13-9(12)11-8-6-4-3-5-7-10/h2-8H2,1H3,(H,11,12). The quantitative estimate of drug-likeness (QED) is 0.558. The fourth-order valence-electron chi connectivity index (χ4n) is 0.946. The molecule has 13 heavy (non-hydrogen) atoms. The molecule has 78 valence electrons. The van der Waals surface area contributed by atoms with E-state index in [0.717, 1.165) is 24.7 Å². The van der Waals surface area contributed by atoms with Gasteiger partial charge in [0.1, 0.15) is 0 Å². The van der Waals surface area contributed by atoms with Crippen molar-refractivity contribution in [1.29, 1.82) is 0 Å². The Hall–Kier alpha value is -0.250. The zero-order valence-electron chi connectivity index (χ0n) is 8.14. The van der Waals surface area contributed by atoms with Crippen LogP contribution in [0.5, 0.6) is 0 Å². The summed E-state index contributed by atoms with van der Waals surface area (Å²) < 4.78 is 4.71. The van der Waals surface area contributed by atoms with Crippen LogP contribution in [-0.2, 0) is 4.74 Å². The van der Waals surface area contributed by atoms with E-state index in [4.69, 9.17) is 4.74 Å². The minimum absolute atomic E-state index is 0.303. The lowest BCUT2D eigenvalue weighted by molar-refractivity contribution is 0.152. The SMILES string of the molecule is CCOC(=O)NCCCCCCBr. The molecule has 0 radical (unpaired) electrons. The molecule has 0 aliphatic carbocycles. The van der Waals surface area contributed by atoms with Gasteiger partial charge in [-0.25, -0.2) is 4.79 Å². The van der Waals surface area contributed by atoms with E-state index in [0.29, 0.717) is 6.61 Å². The molecule has 0 aromatic rings. The van der Waals surface area contributed by atoms with Crippen LogP contribution in [0.3, 0.4) is 0 Å². The summed E-state index contributed by atoms with van der Waals surface area (Å²) in [4.78, 5) is 10.8. The maximum absolute atomic E-state index is 10.8. The zero-order valence-corrected chi connectivity index (χ0v) is 9.73. The normalized spacial score (nSPS) is 9.69. The first-order chi connectivity index (χ1) is 6.31. The Bertz CT molecular complexity index is 131. The van der Waals surface area contributed by atoms with Gasteiger partial charge in [0.25, 0.3) is 0 Å². The number of amides is 1. The smallest absolute Gasteiger partial charge is 0.407 e. The molecule has 1 amide bonds. The van der Waals surface area contributed by atoms with Crippen molar-refractivity contribution in [2.75, 3.05) is 18.5 Å². The van der Waals surface area contributed by atoms with Gasteiger partial charge >= 0.3 is 6.09 Å². The molecule has 0 unspecified atom stereocenters. The van der Waals surface area contributed by atoms with E-state index >= 15 is 0 Å². The summed E-state index contributed by atoms with van der Waals surface area (Å²) in [7, 11) is 0. The second-order valence-corrected chi connectivity index (χ2v) is 3.54. The molecule has 0 rings (SSSR count). The average Bonchev–Trinajstić information content (AvgIpc) is 2.11. The van der Waals surface area contributed by atoms with Crippen molar-refractivity contribution < 1.29 is 9.53 Å². The Labute approximate surface area is 88.4 Å². The zero-order chi connectivity index (χ0) is 9.94. The van der Waals surface area contributed by atoms with Crippen LogP contribution in [0.1, 0.15) is 32.6 Å². The number of hydrogen-bond donors (Lipinski definition) is 1. The summed E-state index contributed by atoms with van der Waals surface area (Å²) in [5.74, 6) is 0. The van der Waals surface area contributed by atoms with E-state index in [-0.39, 0.29) is 6.09 Å². The summed E-state index contributed by atoms with van der Waals surface area (Å²) >= 11 is 3.37. The molecule has 0 atom stereocenters. The molecule has 0 fully saturated rings. The summed E-state index contributed by atoms with van der Waals surface area (Å²) in [5.41, 5.74) is 0. The highest BCUT2D eigenvalue weighted by Gasteiger charge is 1.97. The maximum Gasteiger partial charge on any atom is 0.407 e. The molecule has 0 heterocycles. The molecule has 0 aromatic carbocycles. The molecule has 1 N–H and O–H groups in total. The summed E-state index contributed by atoms with van der Waals surface area (Å²) in [6.07, 6.45) is 4.32. The van der Waals surface area contributed by atoms with Gasteiger partial charge in [0.2, 0.25) is 0 Å². The largest absolute Gasteiger partial charge is 0.450 e. The Balaban J connectivity index is 3.02. The van der Waals surface area contributed by atoms with Gasteiger partial charge in [-0.1, -0.05) is 28.8 Å². The minimum atomic E-state index is -0.303. The maximum atomic E-state index is 10.8. The Morgan fingerprint density at radius 1 is 1.31 bits per heavy atom. The van der Waals surface area contributed by atoms with Crippen molar-refractivity contribution in [1.82, 2.24) is 5.32 Å². The van der Waals surface area contributed by atoms with Crippen molar-refractivity contribution in [2.45, 2.75) is 32.6 Å². The van der Waals surface area contributed by atoms with E-state index in [1.54, 1.807) is 6.92 Å². The van der Waals surface area contributed by atoms with Crippen LogP contribution in [-0.4, -0.2) is 24.6 Å². The third-order valence-corrected chi connectivity index (χ3v) is 2.17. The first-order valence-corrected chi connectivity index (χ1v) is 5.90. The minimum Gasteiger partial charge on any atom is -0.450 e. The third-order valence-electron chi connectivity index (χ3n) is 1.61. The van der Waals surface area contributed by atoms with Gasteiger partial charge < -0.3 is 10.1 Å². The van der Waals surface area contributed by atoms with E-state index < -0.39 is 0 Å². The van der Waals surface area contributed by atoms with Crippen molar-refractivity contribution in [3.8, 4) is 0 Å². The lowest BCUT2D eigenvalue weighted by atomic mass is 10.2. The van der Waals surface area contributed by atoms with E-state index in [1.165, 1.54) is 12.8 Å². The number of ether oxygens (including phenoxy) is 1. The van der Waals surface area contributed by atoms with Crippen LogP contribution in [0, 0.1) is 0 Å². The second kappa shape index (κ2) is 9.84. The van der Waals surface area contributed by atoms with Crippen LogP contribution in [0.15, 0.2) is 0 Å². The number of nitrogens with one attached hydrogen (secondary N) is 1. The third kappa shape index (κ3) is 9.67. The fourth-order valence-corrected chi connectivity index (χ4v) is 1.34. The summed E-state index contributed by atoms with van der Waals surface area (Å²) in [6.45, 7) is 2.96. The molecule has 0 bridgehead atoms. The van der Waals surface area contributed by atoms with Crippen LogP contribution < -0.4 is 5.32 Å². The number of rotatable bonds is 7. The number of halogens is 1. The average molecular weight is 252 g/mol. The van der Waals surface area contributed by atoms with Crippen molar-refractivity contribution in [3.05, 3.63) is 0 Å². The number of unbranched alkanes of at least 4 members (excludes halogenated alkanes) is 3. The fraction of sp³-hybridized carbons (Fsp3) is 0.889. The molecular formula is C9H18BrNO2. The Morgan fingerprint density at radius 3 is 2.62 bits per heavy atom. The topological polar surface area (TPSA) is 38.3 Å². The monoisotopic (exact) mass is 251 g/mol. The summed E-state index contributed by atoms with van der Waals surface area (Å²) in [5, 5.41) is 3.76. The lowest BCUT2D eigenvalue weighted by Gasteiger charge is -2.04. The Morgan fingerprint density at radius 2 is 2.00 bits per heavy atom. The molecule has 0 aromatic heterocycles. The molecule has 0 saturated heterocycles. The van der Waals surface area contributed by atoms with Gasteiger partial charge in [0.05, 0.1) is 6.61 Å². The highest BCUT2D eigenvalue weighted by molar-refractivity contribution is 9.09. The number of carbonyl (C=O) groups is 1. The highest BCUT2D eigenvalue weighted by Crippen LogP contribution is 2.00. The van der Waals surface area contributed by atoms with Gasteiger partial charge in [0.15, 0.2) is 0 Å². The number of hydrogen-bond acceptors (Lipinski definition) is 2. The van der Waals surface area contributed by atoms with Gasteiger partial charge in [-0.3, -0.25) is 0 Å². The van der Waals surface area contributed by atoms with E-state index in [1.807, 2.05) is 0 Å². The lowest BCUT2D eigenvalue weighted by Crippen LogP contribution is -2.25. The van der Waals surface area contributed by atoms with Crippen molar-refractivity contribution in [2.24, 2.45) is 0 Å².